The first-order chi connectivity index (χ1) is 11.7. The Hall–Kier alpha value is -2.12. The number of rotatable bonds is 5. The Labute approximate surface area is 151 Å². The number of nitrogens with one attached hydrogen (secondary N) is 2. The van der Waals surface area contributed by atoms with Crippen LogP contribution in [0.2, 0.25) is 10.0 Å². The van der Waals surface area contributed by atoms with E-state index in [9.17, 15) is 18.0 Å². The van der Waals surface area contributed by atoms with Crippen LogP contribution in [0.5, 0.6) is 5.75 Å². The van der Waals surface area contributed by atoms with Gasteiger partial charge in [-0.15, -0.1) is 0 Å². The summed E-state index contributed by atoms with van der Waals surface area (Å²) in [5.74, 6) is 0.00313. The van der Waals surface area contributed by atoms with E-state index >= 15 is 0 Å². The zero-order valence-electron chi connectivity index (χ0n) is 12.9. The molecule has 4 nitrogen and oxygen atoms in total. The Morgan fingerprint density at radius 3 is 2.36 bits per heavy atom. The molecule has 25 heavy (non-hydrogen) atoms. The molecule has 0 radical (unpaired) electrons. The maximum atomic E-state index is 12.8. The highest BCUT2D eigenvalue weighted by atomic mass is 35.5. The van der Waals surface area contributed by atoms with Crippen molar-refractivity contribution in [2.75, 3.05) is 24.3 Å². The van der Waals surface area contributed by atoms with Crippen molar-refractivity contribution in [3.05, 3.63) is 52.0 Å². The number of alkyl halides is 3. The van der Waals surface area contributed by atoms with Gasteiger partial charge in [-0.3, -0.25) is 4.79 Å². The molecular weight excluding hydrogens is 380 g/mol. The SMILES string of the molecule is COc1ccc(NC(=O)CNc2ccc(Cl)c(C(F)(F)F)c2)cc1Cl. The molecule has 0 aromatic heterocycles. The van der Waals surface area contributed by atoms with E-state index in [1.54, 1.807) is 12.1 Å². The summed E-state index contributed by atoms with van der Waals surface area (Å²) >= 11 is 11.5. The van der Waals surface area contributed by atoms with Gasteiger partial charge in [0.15, 0.2) is 0 Å². The van der Waals surface area contributed by atoms with Gasteiger partial charge in [-0.2, -0.15) is 13.2 Å². The van der Waals surface area contributed by atoms with Gasteiger partial charge in [0.05, 0.1) is 29.3 Å². The van der Waals surface area contributed by atoms with E-state index < -0.39 is 22.7 Å². The van der Waals surface area contributed by atoms with E-state index in [-0.39, 0.29) is 12.2 Å². The Morgan fingerprint density at radius 2 is 1.76 bits per heavy atom. The topological polar surface area (TPSA) is 50.4 Å². The molecule has 0 fully saturated rings. The molecule has 2 aromatic rings. The highest BCUT2D eigenvalue weighted by Gasteiger charge is 2.33. The first kappa shape index (κ1) is 19.2. The smallest absolute Gasteiger partial charge is 0.417 e. The van der Waals surface area contributed by atoms with E-state index in [1.807, 2.05) is 0 Å². The minimum Gasteiger partial charge on any atom is -0.495 e. The third-order valence-corrected chi connectivity index (χ3v) is 3.79. The number of benzene rings is 2. The van der Waals surface area contributed by atoms with E-state index in [0.29, 0.717) is 16.5 Å². The lowest BCUT2D eigenvalue weighted by Crippen LogP contribution is -2.22. The number of amides is 1. The summed E-state index contributed by atoms with van der Waals surface area (Å²) in [7, 11) is 1.46. The van der Waals surface area contributed by atoms with Crippen molar-refractivity contribution >= 4 is 40.5 Å². The molecule has 0 saturated carbocycles. The fourth-order valence-corrected chi connectivity index (χ4v) is 2.47. The molecule has 0 heterocycles. The number of carbonyl (C=O) groups excluding carboxylic acids is 1. The van der Waals surface area contributed by atoms with Gasteiger partial charge in [0, 0.05) is 11.4 Å². The fraction of sp³-hybridized carbons (Fsp3) is 0.188. The normalized spacial score (nSPS) is 11.1. The number of anilines is 2. The third-order valence-electron chi connectivity index (χ3n) is 3.16. The predicted molar refractivity (Wildman–Crippen MR) is 91.6 cm³/mol. The molecule has 0 spiro atoms. The molecule has 0 aliphatic carbocycles. The van der Waals surface area contributed by atoms with Crippen molar-refractivity contribution in [3.63, 3.8) is 0 Å². The first-order valence-corrected chi connectivity index (χ1v) is 7.70. The summed E-state index contributed by atoms with van der Waals surface area (Å²) in [6.07, 6.45) is -4.57. The molecule has 0 atom stereocenters. The zero-order chi connectivity index (χ0) is 18.6. The van der Waals surface area contributed by atoms with Crippen LogP contribution in [0.4, 0.5) is 24.5 Å². The van der Waals surface area contributed by atoms with E-state index in [4.69, 9.17) is 27.9 Å². The second-order valence-electron chi connectivity index (χ2n) is 4.94. The fourth-order valence-electron chi connectivity index (χ4n) is 1.98. The summed E-state index contributed by atoms with van der Waals surface area (Å²) in [5.41, 5.74) is -0.411. The van der Waals surface area contributed by atoms with Gasteiger partial charge >= 0.3 is 6.18 Å². The zero-order valence-corrected chi connectivity index (χ0v) is 14.4. The maximum absolute atomic E-state index is 12.8. The summed E-state index contributed by atoms with van der Waals surface area (Å²) in [6.45, 7) is -0.234. The molecule has 134 valence electrons. The summed E-state index contributed by atoms with van der Waals surface area (Å²) < 4.78 is 43.4. The average molecular weight is 393 g/mol. The Morgan fingerprint density at radius 1 is 1.08 bits per heavy atom. The van der Waals surface area contributed by atoms with E-state index in [1.165, 1.54) is 19.2 Å². The number of hydrogen-bond donors (Lipinski definition) is 2. The van der Waals surface area contributed by atoms with Gasteiger partial charge in [-0.05, 0) is 36.4 Å². The van der Waals surface area contributed by atoms with Gasteiger partial charge in [0.1, 0.15) is 5.75 Å². The monoisotopic (exact) mass is 392 g/mol. The van der Waals surface area contributed by atoms with Crippen LogP contribution in [0, 0.1) is 0 Å². The number of ether oxygens (including phenoxy) is 1. The third kappa shape index (κ3) is 5.17. The Balaban J connectivity index is 1.99. The maximum Gasteiger partial charge on any atom is 0.417 e. The lowest BCUT2D eigenvalue weighted by Gasteiger charge is -2.12. The molecule has 2 rings (SSSR count). The first-order valence-electron chi connectivity index (χ1n) is 6.94. The molecule has 0 bridgehead atoms. The molecular formula is C16H13Cl2F3N2O2. The molecule has 0 saturated heterocycles. The molecule has 2 N–H and O–H groups in total. The van der Waals surface area contributed by atoms with Crippen molar-refractivity contribution in [2.24, 2.45) is 0 Å². The van der Waals surface area contributed by atoms with Crippen molar-refractivity contribution in [2.45, 2.75) is 6.18 Å². The van der Waals surface area contributed by atoms with Crippen molar-refractivity contribution in [1.82, 2.24) is 0 Å². The number of methoxy groups -OCH3 is 1. The highest BCUT2D eigenvalue weighted by Crippen LogP contribution is 2.36. The molecule has 2 aromatic carbocycles. The van der Waals surface area contributed by atoms with E-state index in [0.717, 1.165) is 12.1 Å². The molecule has 0 unspecified atom stereocenters. The van der Waals surface area contributed by atoms with Gasteiger partial charge in [0.2, 0.25) is 5.91 Å². The highest BCUT2D eigenvalue weighted by molar-refractivity contribution is 6.32. The summed E-state index contributed by atoms with van der Waals surface area (Å²) in [5, 5.41) is 5.10. The Bertz CT molecular complexity index is 782. The lowest BCUT2D eigenvalue weighted by atomic mass is 10.2. The number of carbonyl (C=O) groups is 1. The van der Waals surface area contributed by atoms with Crippen molar-refractivity contribution in [3.8, 4) is 5.75 Å². The minimum atomic E-state index is -4.57. The van der Waals surface area contributed by atoms with Gasteiger partial charge in [-0.1, -0.05) is 23.2 Å². The van der Waals surface area contributed by atoms with Gasteiger partial charge < -0.3 is 15.4 Å². The standard InChI is InChI=1S/C16H13Cl2F3N2O2/c1-25-14-5-3-10(7-13(14)18)23-15(24)8-22-9-2-4-12(17)11(6-9)16(19,20)21/h2-7,22H,8H2,1H3,(H,23,24). The second kappa shape index (κ2) is 7.84. The largest absolute Gasteiger partial charge is 0.495 e. The summed E-state index contributed by atoms with van der Waals surface area (Å²) in [4.78, 5) is 11.9. The van der Waals surface area contributed by atoms with Crippen LogP contribution < -0.4 is 15.4 Å². The predicted octanol–water partition coefficient (Wildman–Crippen LogP) is 5.07. The molecule has 1 amide bonds. The lowest BCUT2D eigenvalue weighted by molar-refractivity contribution is -0.137. The van der Waals surface area contributed by atoms with Crippen LogP contribution in [-0.4, -0.2) is 19.6 Å². The number of halogens is 5. The van der Waals surface area contributed by atoms with Gasteiger partial charge in [-0.25, -0.2) is 0 Å². The van der Waals surface area contributed by atoms with Crippen molar-refractivity contribution in [1.29, 1.82) is 0 Å². The van der Waals surface area contributed by atoms with Crippen LogP contribution in [0.1, 0.15) is 5.56 Å². The van der Waals surface area contributed by atoms with Gasteiger partial charge in [0.25, 0.3) is 0 Å². The average Bonchev–Trinajstić information content (AvgIpc) is 2.53. The van der Waals surface area contributed by atoms with Crippen LogP contribution in [0.25, 0.3) is 0 Å². The van der Waals surface area contributed by atoms with E-state index in [2.05, 4.69) is 10.6 Å². The number of hydrogen-bond acceptors (Lipinski definition) is 3. The summed E-state index contributed by atoms with van der Waals surface area (Å²) in [6, 6.07) is 8.00. The molecule has 9 heteroatoms. The molecule has 0 aliphatic rings. The quantitative estimate of drug-likeness (QED) is 0.746. The molecule has 0 aliphatic heterocycles. The van der Waals surface area contributed by atoms with Crippen molar-refractivity contribution < 1.29 is 22.7 Å². The second-order valence-corrected chi connectivity index (χ2v) is 5.76. The van der Waals surface area contributed by atoms with Crippen LogP contribution in [0.3, 0.4) is 0 Å². The Kier molecular flexibility index (Phi) is 6.02. The van der Waals surface area contributed by atoms with Crippen LogP contribution in [-0.2, 0) is 11.0 Å². The minimum absolute atomic E-state index is 0.125. The van der Waals surface area contributed by atoms with Crippen LogP contribution in [0.15, 0.2) is 36.4 Å². The van der Waals surface area contributed by atoms with Crippen LogP contribution >= 0.6 is 23.2 Å².